The molecule has 2 atom stereocenters. The second-order valence-corrected chi connectivity index (χ2v) is 28.4. The summed E-state index contributed by atoms with van der Waals surface area (Å²) in [7, 11) is 0. The Balaban J connectivity index is 1.28. The van der Waals surface area contributed by atoms with Crippen molar-refractivity contribution in [3.8, 4) is 22.3 Å². The molecule has 8 aromatic rings. The predicted molar refractivity (Wildman–Crippen MR) is 338 cm³/mol. The summed E-state index contributed by atoms with van der Waals surface area (Å²) in [6.07, 6.45) is 4.74. The summed E-state index contributed by atoms with van der Waals surface area (Å²) in [5.41, 5.74) is 28.1. The highest BCUT2D eigenvalue weighted by molar-refractivity contribution is 7.00. The number of anilines is 8. The maximum Gasteiger partial charge on any atom is 0.252 e. The fourth-order valence-corrected chi connectivity index (χ4v) is 14.3. The minimum Gasteiger partial charge on any atom is -0.334 e. The Morgan fingerprint density at radius 2 is 0.833 bits per heavy atom. The molecule has 8 aromatic carbocycles. The molecule has 4 heteroatoms. The minimum atomic E-state index is -0.169. The van der Waals surface area contributed by atoms with Gasteiger partial charge in [-0.3, -0.25) is 0 Å². The molecule has 12 rings (SSSR count). The van der Waals surface area contributed by atoms with Gasteiger partial charge in [-0.15, -0.1) is 0 Å². The molecule has 2 unspecified atom stereocenters. The summed E-state index contributed by atoms with van der Waals surface area (Å²) >= 11 is 0. The quantitative estimate of drug-likeness (QED) is 0.159. The first-order valence-corrected chi connectivity index (χ1v) is 29.2. The van der Waals surface area contributed by atoms with Gasteiger partial charge in [0.2, 0.25) is 0 Å². The zero-order chi connectivity index (χ0) is 55.2. The van der Waals surface area contributed by atoms with Crippen LogP contribution in [0.5, 0.6) is 0 Å². The van der Waals surface area contributed by atoms with Gasteiger partial charge in [-0.2, -0.15) is 0 Å². The molecule has 0 spiro atoms. The molecule has 0 amide bonds. The zero-order valence-electron chi connectivity index (χ0n) is 49.8. The van der Waals surface area contributed by atoms with Crippen LogP contribution < -0.4 is 31.1 Å². The molecule has 4 aliphatic rings. The van der Waals surface area contributed by atoms with Gasteiger partial charge in [0.15, 0.2) is 0 Å². The van der Waals surface area contributed by atoms with E-state index in [0.29, 0.717) is 0 Å². The number of aryl methyl sites for hydroxylation is 2. The second-order valence-electron chi connectivity index (χ2n) is 28.4. The van der Waals surface area contributed by atoms with Crippen LogP contribution in [0.1, 0.15) is 162 Å². The number of rotatable bonds is 5. The maximum absolute atomic E-state index is 2.86. The molecule has 1 fully saturated rings. The molecule has 0 bridgehead atoms. The van der Waals surface area contributed by atoms with E-state index in [0.717, 1.165) is 6.42 Å². The number of hydrogen-bond acceptors (Lipinski definition) is 3. The van der Waals surface area contributed by atoms with Gasteiger partial charge < -0.3 is 14.7 Å². The summed E-state index contributed by atoms with van der Waals surface area (Å²) in [6.45, 7) is 38.1. The molecular weight excluding hydrogens is 942 g/mol. The molecule has 3 nitrogen and oxygen atoms in total. The van der Waals surface area contributed by atoms with Crippen molar-refractivity contribution in [1.82, 2.24) is 0 Å². The van der Waals surface area contributed by atoms with E-state index in [1.807, 2.05) is 0 Å². The Labute approximate surface area is 468 Å². The van der Waals surface area contributed by atoms with E-state index in [1.165, 1.54) is 142 Å². The highest BCUT2D eigenvalue weighted by Gasteiger charge is 2.59. The van der Waals surface area contributed by atoms with E-state index in [9.17, 15) is 0 Å². The molecule has 396 valence electrons. The zero-order valence-corrected chi connectivity index (χ0v) is 49.8. The van der Waals surface area contributed by atoms with Gasteiger partial charge in [0.25, 0.3) is 6.71 Å². The first-order chi connectivity index (χ1) is 36.8. The number of nitrogens with zero attached hydrogens (tertiary/aromatic N) is 3. The third-order valence-electron chi connectivity index (χ3n) is 19.0. The highest BCUT2D eigenvalue weighted by atomic mass is 15.3. The van der Waals surface area contributed by atoms with Crippen LogP contribution in [0.25, 0.3) is 22.3 Å². The topological polar surface area (TPSA) is 9.72 Å². The van der Waals surface area contributed by atoms with E-state index in [4.69, 9.17) is 0 Å². The number of benzene rings is 8. The lowest BCUT2D eigenvalue weighted by molar-refractivity contribution is 0.195. The standard InChI is InChI=1S/C74H82BN3/c1-47-39-48(2)68-58(40-47)73(15)37-23-24-38-74(73,16)78(68)55-45-65-67-66(46-55)77(62-34-30-52(70(6,7)8)42-57(62)50-27-21-18-22-28-50)64-36-32-54(72(12,13)14)44-60(64)75(67)59-43-53(71(9,10)11)31-35-63(59)76(65)61-33-29-51(69(3,4)5)41-56(61)49-25-19-17-20-26-49/h17-22,25-36,39-46H,23-24,37-38H2,1-16H3. The molecule has 78 heavy (non-hydrogen) atoms. The summed E-state index contributed by atoms with van der Waals surface area (Å²) in [5.74, 6) is 0. The molecule has 0 saturated heterocycles. The first kappa shape index (κ1) is 52.0. The van der Waals surface area contributed by atoms with E-state index in [-0.39, 0.29) is 39.3 Å². The van der Waals surface area contributed by atoms with E-state index in [1.54, 1.807) is 0 Å². The summed E-state index contributed by atoms with van der Waals surface area (Å²) in [4.78, 5) is 8.26. The lowest BCUT2D eigenvalue weighted by Crippen LogP contribution is -2.62. The van der Waals surface area contributed by atoms with Gasteiger partial charge in [0, 0.05) is 50.7 Å². The highest BCUT2D eigenvalue weighted by Crippen LogP contribution is 2.63. The third-order valence-corrected chi connectivity index (χ3v) is 19.0. The SMILES string of the molecule is Cc1cc(C)c2c(c1)C1(C)CCCCC1(C)N2c1cc2c3c(c1)N(c1ccc(C(C)(C)C)cc1-c1ccccc1)c1ccc(C(C)(C)C)cc1B3c1cc(C(C)(C)C)ccc1N2c1ccc(C(C)(C)C)cc1-c1ccccc1. The van der Waals surface area contributed by atoms with Crippen LogP contribution in [-0.2, 0) is 27.1 Å². The lowest BCUT2D eigenvalue weighted by Gasteiger charge is -2.51. The van der Waals surface area contributed by atoms with Crippen molar-refractivity contribution in [2.45, 2.75) is 169 Å². The second kappa shape index (κ2) is 17.9. The van der Waals surface area contributed by atoms with Crippen molar-refractivity contribution in [2.24, 2.45) is 0 Å². The van der Waals surface area contributed by atoms with Crippen molar-refractivity contribution < 1.29 is 0 Å². The van der Waals surface area contributed by atoms with Crippen LogP contribution in [-0.4, -0.2) is 12.3 Å². The molecule has 1 aliphatic carbocycles. The Bertz CT molecular complexity index is 3500. The molecule has 3 heterocycles. The molecular formula is C74H82BN3. The van der Waals surface area contributed by atoms with Crippen LogP contribution >= 0.6 is 0 Å². The van der Waals surface area contributed by atoms with Gasteiger partial charge in [-0.25, -0.2) is 0 Å². The fourth-order valence-electron chi connectivity index (χ4n) is 14.3. The van der Waals surface area contributed by atoms with Gasteiger partial charge in [0.05, 0.1) is 16.9 Å². The van der Waals surface area contributed by atoms with E-state index in [2.05, 4.69) is 283 Å². The Kier molecular flexibility index (Phi) is 11.9. The molecule has 0 N–H and O–H groups in total. The average molecular weight is 1020 g/mol. The predicted octanol–water partition coefficient (Wildman–Crippen LogP) is 18.7. The fraction of sp³-hybridized carbons (Fsp3) is 0.351. The van der Waals surface area contributed by atoms with E-state index >= 15 is 0 Å². The van der Waals surface area contributed by atoms with Gasteiger partial charge in [-0.1, -0.05) is 218 Å². The average Bonchev–Trinajstić information content (AvgIpc) is 2.79. The van der Waals surface area contributed by atoms with Crippen molar-refractivity contribution in [2.75, 3.05) is 14.7 Å². The van der Waals surface area contributed by atoms with Crippen LogP contribution in [0.15, 0.2) is 158 Å². The van der Waals surface area contributed by atoms with Crippen LogP contribution in [0.4, 0.5) is 45.5 Å². The summed E-state index contributed by atoms with van der Waals surface area (Å²) in [6, 6.07) is 62.3. The Hall–Kier alpha value is -6.78. The number of hydrogen-bond donors (Lipinski definition) is 0. The van der Waals surface area contributed by atoms with Crippen LogP contribution in [0, 0.1) is 13.8 Å². The van der Waals surface area contributed by atoms with Gasteiger partial charge in [-0.05, 0) is 165 Å². The molecule has 3 aliphatic heterocycles. The van der Waals surface area contributed by atoms with Crippen molar-refractivity contribution in [3.05, 3.63) is 197 Å². The van der Waals surface area contributed by atoms with Crippen molar-refractivity contribution >= 4 is 68.6 Å². The van der Waals surface area contributed by atoms with Crippen LogP contribution in [0.2, 0.25) is 0 Å². The molecule has 1 saturated carbocycles. The summed E-state index contributed by atoms with van der Waals surface area (Å²) in [5, 5.41) is 0. The Morgan fingerprint density at radius 3 is 1.27 bits per heavy atom. The number of fused-ring (bicyclic) bond motifs is 7. The molecule has 0 radical (unpaired) electrons. The van der Waals surface area contributed by atoms with Gasteiger partial charge >= 0.3 is 0 Å². The smallest absolute Gasteiger partial charge is 0.252 e. The summed E-state index contributed by atoms with van der Waals surface area (Å²) < 4.78 is 0. The maximum atomic E-state index is 2.86. The Morgan fingerprint density at radius 1 is 0.423 bits per heavy atom. The van der Waals surface area contributed by atoms with Gasteiger partial charge in [0.1, 0.15) is 0 Å². The van der Waals surface area contributed by atoms with Crippen LogP contribution in [0.3, 0.4) is 0 Å². The normalized spacial score (nSPS) is 18.8. The minimum absolute atomic E-state index is 0.0369. The first-order valence-electron chi connectivity index (χ1n) is 29.2. The monoisotopic (exact) mass is 1020 g/mol. The molecule has 0 aromatic heterocycles. The third kappa shape index (κ3) is 8.12. The van der Waals surface area contributed by atoms with Crippen molar-refractivity contribution in [1.29, 1.82) is 0 Å². The van der Waals surface area contributed by atoms with Crippen molar-refractivity contribution in [3.63, 3.8) is 0 Å². The van der Waals surface area contributed by atoms with E-state index < -0.39 is 0 Å². The lowest BCUT2D eigenvalue weighted by atomic mass is 9.33. The largest absolute Gasteiger partial charge is 0.334 e.